The van der Waals surface area contributed by atoms with Crippen molar-refractivity contribution in [3.63, 3.8) is 0 Å². The molecule has 0 aliphatic heterocycles. The van der Waals surface area contributed by atoms with Crippen LogP contribution in [-0.2, 0) is 14.4 Å². The number of hydrogen-bond acceptors (Lipinski definition) is 4. The lowest BCUT2D eigenvalue weighted by Gasteiger charge is -2.12. The summed E-state index contributed by atoms with van der Waals surface area (Å²) in [6.45, 7) is 0. The molecule has 21 heavy (non-hydrogen) atoms. The van der Waals surface area contributed by atoms with Crippen LogP contribution in [-0.4, -0.2) is 39.9 Å². The third-order valence-electron chi connectivity index (χ3n) is 2.42. The molecule has 6 nitrogen and oxygen atoms in total. The number of benzene rings is 1. The summed E-state index contributed by atoms with van der Waals surface area (Å²) >= 11 is 1.32. The third-order valence-corrected chi connectivity index (χ3v) is 3.44. The average molecular weight is 315 g/mol. The minimum absolute atomic E-state index is 0.0332. The Morgan fingerprint density at radius 1 is 1.19 bits per heavy atom. The average Bonchev–Trinajstić information content (AvgIpc) is 2.39. The second-order valence-corrected chi connectivity index (χ2v) is 5.28. The number of halogens is 1. The summed E-state index contributed by atoms with van der Waals surface area (Å²) in [6, 6.07) is 4.31. The minimum Gasteiger partial charge on any atom is -0.481 e. The molecule has 1 atom stereocenters. The molecule has 1 aromatic carbocycles. The van der Waals surface area contributed by atoms with Crippen molar-refractivity contribution in [1.29, 1.82) is 0 Å². The van der Waals surface area contributed by atoms with Crippen LogP contribution in [0.4, 0.5) is 4.39 Å². The van der Waals surface area contributed by atoms with E-state index in [1.807, 2.05) is 0 Å². The Balaban J connectivity index is 2.37. The molecule has 0 heterocycles. The van der Waals surface area contributed by atoms with Crippen molar-refractivity contribution in [1.82, 2.24) is 5.32 Å². The minimum atomic E-state index is -1.44. The Labute approximate surface area is 124 Å². The van der Waals surface area contributed by atoms with E-state index < -0.39 is 30.3 Å². The highest BCUT2D eigenvalue weighted by molar-refractivity contribution is 7.99. The van der Waals surface area contributed by atoms with Crippen molar-refractivity contribution >= 4 is 29.6 Å². The van der Waals surface area contributed by atoms with Crippen molar-refractivity contribution in [2.24, 2.45) is 0 Å². The molecule has 0 spiro atoms. The second kappa shape index (κ2) is 8.25. The van der Waals surface area contributed by atoms with E-state index in [1.54, 1.807) is 12.1 Å². The predicted molar refractivity (Wildman–Crippen MR) is 73.6 cm³/mol. The van der Waals surface area contributed by atoms with E-state index >= 15 is 0 Å². The monoisotopic (exact) mass is 315 g/mol. The number of carboxylic acid groups (broad SMARTS) is 2. The summed E-state index contributed by atoms with van der Waals surface area (Å²) in [5, 5.41) is 19.5. The lowest BCUT2D eigenvalue weighted by molar-refractivity contribution is -0.147. The molecule has 114 valence electrons. The summed E-state index contributed by atoms with van der Waals surface area (Å²) in [6.07, 6.45) is -0.641. The number of thioether (sulfide) groups is 1. The summed E-state index contributed by atoms with van der Waals surface area (Å²) in [7, 11) is 0. The molecule has 1 amide bonds. The molecule has 3 N–H and O–H groups in total. The fourth-order valence-corrected chi connectivity index (χ4v) is 2.29. The van der Waals surface area contributed by atoms with Crippen LogP contribution in [0.5, 0.6) is 0 Å². The standard InChI is InChI=1S/C13H14FNO5S/c14-8-1-3-9(4-2-8)21-6-5-11(16)15-10(13(19)20)7-12(17)18/h1-4,10H,5-7H2,(H,15,16)(H,17,18)(H,19,20)/t10-/m1/s1. The molecule has 0 fully saturated rings. The molecule has 1 aromatic rings. The first-order valence-electron chi connectivity index (χ1n) is 6.01. The van der Waals surface area contributed by atoms with E-state index in [1.165, 1.54) is 23.9 Å². The Hall–Kier alpha value is -2.09. The second-order valence-electron chi connectivity index (χ2n) is 4.11. The molecule has 0 aliphatic carbocycles. The number of nitrogens with one attached hydrogen (secondary N) is 1. The maximum Gasteiger partial charge on any atom is 0.326 e. The van der Waals surface area contributed by atoms with E-state index in [0.29, 0.717) is 5.75 Å². The third kappa shape index (κ3) is 6.75. The lowest BCUT2D eigenvalue weighted by atomic mass is 10.2. The number of aliphatic carboxylic acids is 2. The highest BCUT2D eigenvalue weighted by Crippen LogP contribution is 2.18. The first-order valence-corrected chi connectivity index (χ1v) is 6.99. The van der Waals surface area contributed by atoms with E-state index in [4.69, 9.17) is 10.2 Å². The largest absolute Gasteiger partial charge is 0.481 e. The van der Waals surface area contributed by atoms with E-state index in [9.17, 15) is 18.8 Å². The van der Waals surface area contributed by atoms with Crippen molar-refractivity contribution in [3.8, 4) is 0 Å². The van der Waals surface area contributed by atoms with Gasteiger partial charge < -0.3 is 15.5 Å². The van der Waals surface area contributed by atoms with Crippen LogP contribution < -0.4 is 5.32 Å². The zero-order chi connectivity index (χ0) is 15.8. The zero-order valence-corrected chi connectivity index (χ0v) is 11.7. The number of carbonyl (C=O) groups is 3. The first kappa shape index (κ1) is 17.0. The van der Waals surface area contributed by atoms with Crippen LogP contribution in [0.25, 0.3) is 0 Å². The lowest BCUT2D eigenvalue weighted by Crippen LogP contribution is -2.42. The van der Waals surface area contributed by atoms with Crippen LogP contribution in [0, 0.1) is 5.82 Å². The summed E-state index contributed by atoms with van der Waals surface area (Å²) in [4.78, 5) is 33.6. The Morgan fingerprint density at radius 3 is 2.33 bits per heavy atom. The zero-order valence-electron chi connectivity index (χ0n) is 10.9. The molecular formula is C13H14FNO5S. The number of carbonyl (C=O) groups excluding carboxylic acids is 1. The summed E-state index contributed by atoms with van der Waals surface area (Å²) in [5.41, 5.74) is 0. The van der Waals surface area contributed by atoms with E-state index in [0.717, 1.165) is 4.90 Å². The number of hydrogen-bond donors (Lipinski definition) is 3. The van der Waals surface area contributed by atoms with E-state index in [-0.39, 0.29) is 12.2 Å². The fourth-order valence-electron chi connectivity index (χ4n) is 1.43. The van der Waals surface area contributed by atoms with Crippen LogP contribution >= 0.6 is 11.8 Å². The van der Waals surface area contributed by atoms with Gasteiger partial charge in [-0.2, -0.15) is 0 Å². The van der Waals surface area contributed by atoms with Gasteiger partial charge in [-0.3, -0.25) is 9.59 Å². The van der Waals surface area contributed by atoms with Gasteiger partial charge in [0.2, 0.25) is 5.91 Å². The van der Waals surface area contributed by atoms with Crippen molar-refractivity contribution < 1.29 is 29.0 Å². The molecule has 0 aliphatic rings. The van der Waals surface area contributed by atoms with Gasteiger partial charge in [0.05, 0.1) is 6.42 Å². The van der Waals surface area contributed by atoms with Crippen molar-refractivity contribution in [2.45, 2.75) is 23.8 Å². The molecule has 0 bridgehead atoms. The molecule has 0 aromatic heterocycles. The normalized spacial score (nSPS) is 11.7. The SMILES string of the molecule is O=C(O)C[C@@H](NC(=O)CCSc1ccc(F)cc1)C(=O)O. The molecular weight excluding hydrogens is 301 g/mol. The highest BCUT2D eigenvalue weighted by Gasteiger charge is 2.22. The molecule has 0 radical (unpaired) electrons. The molecule has 0 unspecified atom stereocenters. The summed E-state index contributed by atoms with van der Waals surface area (Å²) in [5.74, 6) is -3.22. The van der Waals surface area contributed by atoms with E-state index in [2.05, 4.69) is 5.32 Å². The van der Waals surface area contributed by atoms with Gasteiger partial charge in [-0.25, -0.2) is 9.18 Å². The van der Waals surface area contributed by atoms with Gasteiger partial charge in [-0.05, 0) is 24.3 Å². The topological polar surface area (TPSA) is 104 Å². The molecule has 0 saturated carbocycles. The quantitative estimate of drug-likeness (QED) is 0.626. The predicted octanol–water partition coefficient (Wildman–Crippen LogP) is 1.35. The maximum absolute atomic E-state index is 12.7. The smallest absolute Gasteiger partial charge is 0.326 e. The molecule has 1 rings (SSSR count). The van der Waals surface area contributed by atoms with Gasteiger partial charge in [-0.15, -0.1) is 11.8 Å². The first-order chi connectivity index (χ1) is 9.88. The van der Waals surface area contributed by atoms with Gasteiger partial charge >= 0.3 is 11.9 Å². The van der Waals surface area contributed by atoms with Gasteiger partial charge in [0.25, 0.3) is 0 Å². The molecule has 0 saturated heterocycles. The van der Waals surface area contributed by atoms with Crippen LogP contribution in [0.1, 0.15) is 12.8 Å². The molecule has 8 heteroatoms. The van der Waals surface area contributed by atoms with Crippen LogP contribution in [0.3, 0.4) is 0 Å². The van der Waals surface area contributed by atoms with Crippen LogP contribution in [0.15, 0.2) is 29.2 Å². The van der Waals surface area contributed by atoms with Crippen molar-refractivity contribution in [3.05, 3.63) is 30.1 Å². The maximum atomic E-state index is 12.7. The highest BCUT2D eigenvalue weighted by atomic mass is 32.2. The number of carboxylic acids is 2. The number of rotatable bonds is 8. The Bertz CT molecular complexity index is 520. The Kier molecular flexibility index (Phi) is 6.67. The Morgan fingerprint density at radius 2 is 1.81 bits per heavy atom. The van der Waals surface area contributed by atoms with Gasteiger partial charge in [-0.1, -0.05) is 0 Å². The van der Waals surface area contributed by atoms with Gasteiger partial charge in [0.1, 0.15) is 11.9 Å². The van der Waals surface area contributed by atoms with Gasteiger partial charge in [0.15, 0.2) is 0 Å². The number of amides is 1. The summed E-state index contributed by atoms with van der Waals surface area (Å²) < 4.78 is 12.7. The van der Waals surface area contributed by atoms with Gasteiger partial charge in [0, 0.05) is 17.1 Å². The van der Waals surface area contributed by atoms with Crippen molar-refractivity contribution in [2.75, 3.05) is 5.75 Å². The van der Waals surface area contributed by atoms with Crippen LogP contribution in [0.2, 0.25) is 0 Å². The fraction of sp³-hybridized carbons (Fsp3) is 0.308.